The van der Waals surface area contributed by atoms with Gasteiger partial charge in [0.05, 0.1) is 11.8 Å². The highest BCUT2D eigenvalue weighted by Gasteiger charge is 2.28. The van der Waals surface area contributed by atoms with E-state index in [0.29, 0.717) is 0 Å². The maximum absolute atomic E-state index is 12.7. The van der Waals surface area contributed by atoms with Crippen molar-refractivity contribution < 1.29 is 19.1 Å². The molecule has 6 nitrogen and oxygen atoms in total. The van der Waals surface area contributed by atoms with Crippen molar-refractivity contribution in [3.05, 3.63) is 65.2 Å². The fourth-order valence-corrected chi connectivity index (χ4v) is 4.04. The monoisotopic (exact) mass is 425 g/mol. The van der Waals surface area contributed by atoms with Crippen molar-refractivity contribution in [1.29, 1.82) is 0 Å². The number of carboxylic acid groups (broad SMARTS) is 1. The van der Waals surface area contributed by atoms with Crippen LogP contribution in [0.2, 0.25) is 0 Å². The molecule has 0 fully saturated rings. The van der Waals surface area contributed by atoms with E-state index in [1.165, 1.54) is 17.8 Å². The standard InChI is InChI=1S/C13H14N2O2.C11H14FNO/c16-12(17)8-10-9-4-3-6-14-13(9)15-7-2-1-5-11(10)15;1-11(2,10(14)13-3)8-4-6-9(12)7-5-8/h3-4,6H,1-2,5,7-8H2,(H,16,17);4-7H,1-3H3,(H,13,14). The number of aliphatic carboxylic acids is 1. The van der Waals surface area contributed by atoms with Gasteiger partial charge in [0, 0.05) is 30.9 Å². The van der Waals surface area contributed by atoms with Crippen LogP contribution in [0.15, 0.2) is 42.6 Å². The number of aromatic nitrogens is 2. The Morgan fingerprint density at radius 3 is 2.55 bits per heavy atom. The van der Waals surface area contributed by atoms with Crippen molar-refractivity contribution in [3.63, 3.8) is 0 Å². The largest absolute Gasteiger partial charge is 0.481 e. The lowest BCUT2D eigenvalue weighted by Gasteiger charge is -2.22. The Balaban J connectivity index is 0.000000180. The Bertz CT molecular complexity index is 1090. The van der Waals surface area contributed by atoms with Gasteiger partial charge < -0.3 is 15.0 Å². The minimum atomic E-state index is -0.769. The molecular weight excluding hydrogens is 397 g/mol. The number of aryl methyl sites for hydroxylation is 1. The van der Waals surface area contributed by atoms with Gasteiger partial charge in [0.15, 0.2) is 0 Å². The SMILES string of the molecule is CNC(=O)C(C)(C)c1ccc(F)cc1.O=C(O)Cc1c2n(c3ncccc13)CCCC2. The van der Waals surface area contributed by atoms with Gasteiger partial charge in [0.1, 0.15) is 11.5 Å². The molecule has 3 aromatic rings. The molecule has 1 aromatic carbocycles. The number of carbonyl (C=O) groups is 2. The van der Waals surface area contributed by atoms with Crippen molar-refractivity contribution in [2.75, 3.05) is 7.05 Å². The second kappa shape index (κ2) is 9.29. The number of likely N-dealkylation sites (N-methyl/N-ethyl adjacent to an activating group) is 1. The molecule has 0 bridgehead atoms. The zero-order valence-corrected chi connectivity index (χ0v) is 18.1. The summed E-state index contributed by atoms with van der Waals surface area (Å²) in [5.74, 6) is -1.14. The lowest BCUT2D eigenvalue weighted by molar-refractivity contribution is -0.136. The van der Waals surface area contributed by atoms with Crippen LogP contribution < -0.4 is 5.32 Å². The minimum absolute atomic E-state index is 0.0795. The summed E-state index contributed by atoms with van der Waals surface area (Å²) in [6.45, 7) is 4.57. The number of nitrogens with zero attached hydrogens (tertiary/aromatic N) is 2. The molecule has 1 amide bonds. The molecule has 2 N–H and O–H groups in total. The van der Waals surface area contributed by atoms with Crippen LogP contribution in [0.5, 0.6) is 0 Å². The first-order valence-corrected chi connectivity index (χ1v) is 10.4. The zero-order valence-electron chi connectivity index (χ0n) is 18.1. The first-order valence-electron chi connectivity index (χ1n) is 10.4. The van der Waals surface area contributed by atoms with Crippen LogP contribution in [0.3, 0.4) is 0 Å². The fourth-order valence-electron chi connectivity index (χ4n) is 4.04. The molecule has 0 spiro atoms. The lowest BCUT2D eigenvalue weighted by Crippen LogP contribution is -2.37. The van der Waals surface area contributed by atoms with E-state index >= 15 is 0 Å². The molecular formula is C24H28FN3O3. The van der Waals surface area contributed by atoms with Crippen molar-refractivity contribution >= 4 is 22.9 Å². The molecule has 31 heavy (non-hydrogen) atoms. The number of benzene rings is 1. The highest BCUT2D eigenvalue weighted by Crippen LogP contribution is 2.29. The Morgan fingerprint density at radius 2 is 1.90 bits per heavy atom. The predicted molar refractivity (Wildman–Crippen MR) is 118 cm³/mol. The molecule has 0 atom stereocenters. The molecule has 4 rings (SSSR count). The highest BCUT2D eigenvalue weighted by molar-refractivity contribution is 5.87. The molecule has 3 heterocycles. The second-order valence-electron chi connectivity index (χ2n) is 8.19. The van der Waals surface area contributed by atoms with Crippen LogP contribution in [0.25, 0.3) is 11.0 Å². The molecule has 0 radical (unpaired) electrons. The number of rotatable bonds is 4. The molecule has 1 aliphatic heterocycles. The first kappa shape index (κ1) is 22.5. The molecule has 2 aromatic heterocycles. The average Bonchev–Trinajstić information content (AvgIpc) is 3.07. The maximum Gasteiger partial charge on any atom is 0.307 e. The number of pyridine rings is 1. The Hall–Kier alpha value is -3.22. The van der Waals surface area contributed by atoms with Crippen LogP contribution in [0, 0.1) is 5.82 Å². The summed E-state index contributed by atoms with van der Waals surface area (Å²) >= 11 is 0. The van der Waals surface area contributed by atoms with Gasteiger partial charge in [-0.3, -0.25) is 9.59 Å². The Labute approximate surface area is 181 Å². The molecule has 7 heteroatoms. The summed E-state index contributed by atoms with van der Waals surface area (Å²) in [7, 11) is 1.59. The Morgan fingerprint density at radius 1 is 1.19 bits per heavy atom. The van der Waals surface area contributed by atoms with Gasteiger partial charge in [-0.1, -0.05) is 12.1 Å². The molecule has 0 saturated carbocycles. The second-order valence-corrected chi connectivity index (χ2v) is 8.19. The van der Waals surface area contributed by atoms with Crippen molar-refractivity contribution in [2.45, 2.75) is 51.5 Å². The number of hydrogen-bond acceptors (Lipinski definition) is 3. The minimum Gasteiger partial charge on any atom is -0.481 e. The van der Waals surface area contributed by atoms with E-state index in [2.05, 4.69) is 14.9 Å². The number of fused-ring (bicyclic) bond motifs is 3. The van der Waals surface area contributed by atoms with E-state index < -0.39 is 11.4 Å². The van der Waals surface area contributed by atoms with E-state index in [-0.39, 0.29) is 18.1 Å². The van der Waals surface area contributed by atoms with E-state index in [4.69, 9.17) is 5.11 Å². The van der Waals surface area contributed by atoms with Crippen LogP contribution in [0.1, 0.15) is 43.5 Å². The third-order valence-corrected chi connectivity index (χ3v) is 5.78. The molecule has 0 unspecified atom stereocenters. The smallest absolute Gasteiger partial charge is 0.307 e. The van der Waals surface area contributed by atoms with Gasteiger partial charge in [0.2, 0.25) is 5.91 Å². The maximum atomic E-state index is 12.7. The lowest BCUT2D eigenvalue weighted by atomic mass is 9.84. The quantitative estimate of drug-likeness (QED) is 0.665. The normalized spacial score (nSPS) is 13.2. The summed E-state index contributed by atoms with van der Waals surface area (Å²) in [4.78, 5) is 26.9. The van der Waals surface area contributed by atoms with Crippen LogP contribution in [-0.2, 0) is 34.4 Å². The Kier molecular flexibility index (Phi) is 6.73. The van der Waals surface area contributed by atoms with E-state index in [1.807, 2.05) is 12.1 Å². The van der Waals surface area contributed by atoms with E-state index in [1.54, 1.807) is 39.2 Å². The topological polar surface area (TPSA) is 84.2 Å². The number of amides is 1. The molecule has 0 aliphatic carbocycles. The predicted octanol–water partition coefficient (Wildman–Crippen LogP) is 3.85. The third-order valence-electron chi connectivity index (χ3n) is 5.78. The van der Waals surface area contributed by atoms with Gasteiger partial charge >= 0.3 is 5.97 Å². The summed E-state index contributed by atoms with van der Waals surface area (Å²) in [6.07, 6.45) is 5.14. The summed E-state index contributed by atoms with van der Waals surface area (Å²) < 4.78 is 14.8. The molecule has 164 valence electrons. The number of carbonyl (C=O) groups excluding carboxylic acids is 1. The summed E-state index contributed by atoms with van der Waals surface area (Å²) in [5, 5.41) is 12.6. The van der Waals surface area contributed by atoms with Gasteiger partial charge in [-0.25, -0.2) is 9.37 Å². The molecule has 0 saturated heterocycles. The summed E-state index contributed by atoms with van der Waals surface area (Å²) in [6, 6.07) is 9.83. The zero-order chi connectivity index (χ0) is 22.6. The van der Waals surface area contributed by atoms with Crippen LogP contribution in [0.4, 0.5) is 4.39 Å². The van der Waals surface area contributed by atoms with Gasteiger partial charge in [-0.05, 0) is 68.5 Å². The van der Waals surface area contributed by atoms with Crippen molar-refractivity contribution in [3.8, 4) is 0 Å². The van der Waals surface area contributed by atoms with Gasteiger partial charge in [-0.15, -0.1) is 0 Å². The van der Waals surface area contributed by atoms with Crippen LogP contribution >= 0.6 is 0 Å². The third kappa shape index (κ3) is 4.76. The number of hydrogen-bond donors (Lipinski definition) is 2. The first-order chi connectivity index (χ1) is 14.8. The van der Waals surface area contributed by atoms with Crippen molar-refractivity contribution in [2.24, 2.45) is 0 Å². The van der Waals surface area contributed by atoms with E-state index in [9.17, 15) is 14.0 Å². The van der Waals surface area contributed by atoms with E-state index in [0.717, 1.165) is 48.0 Å². The highest BCUT2D eigenvalue weighted by atomic mass is 19.1. The number of nitrogens with one attached hydrogen (secondary N) is 1. The van der Waals surface area contributed by atoms with Crippen molar-refractivity contribution in [1.82, 2.24) is 14.9 Å². The van der Waals surface area contributed by atoms with Gasteiger partial charge in [-0.2, -0.15) is 0 Å². The fraction of sp³-hybridized carbons (Fsp3) is 0.375. The van der Waals surface area contributed by atoms with Crippen LogP contribution in [-0.4, -0.2) is 33.6 Å². The average molecular weight is 426 g/mol. The van der Waals surface area contributed by atoms with Gasteiger partial charge in [0.25, 0.3) is 0 Å². The number of halogens is 1. The summed E-state index contributed by atoms with van der Waals surface area (Å²) in [5.41, 5.74) is 3.26. The molecule has 1 aliphatic rings. The number of carboxylic acids is 1.